The maximum atomic E-state index is 9.03. The molecule has 0 radical (unpaired) electrons. The maximum absolute atomic E-state index is 9.03. The number of rotatable bonds is 4. The Kier molecular flexibility index (Phi) is 3.84. The minimum Gasteiger partial charge on any atom is -0.394 e. The highest BCUT2D eigenvalue weighted by Crippen LogP contribution is 2.24. The molecular weight excluding hydrogens is 260 g/mol. The van der Waals surface area contributed by atoms with Gasteiger partial charge in [-0.1, -0.05) is 54.6 Å². The summed E-state index contributed by atoms with van der Waals surface area (Å²) in [5.74, 6) is 0. The molecule has 1 aromatic heterocycles. The molecule has 0 saturated carbocycles. The molecule has 0 saturated heterocycles. The largest absolute Gasteiger partial charge is 0.394 e. The number of hydrogen-bond acceptors (Lipinski definition) is 2. The number of nitrogens with zero attached hydrogens (tertiary/aromatic N) is 2. The molecule has 0 bridgehead atoms. The average Bonchev–Trinajstić information content (AvgIpc) is 2.90. The molecule has 1 heterocycles. The quantitative estimate of drug-likeness (QED) is 0.793. The lowest BCUT2D eigenvalue weighted by molar-refractivity contribution is 0.268. The number of aryl methyl sites for hydroxylation is 1. The zero-order valence-electron chi connectivity index (χ0n) is 12.0. The van der Waals surface area contributed by atoms with Gasteiger partial charge in [0.1, 0.15) is 0 Å². The monoisotopic (exact) mass is 278 g/mol. The first-order chi connectivity index (χ1) is 10.3. The van der Waals surface area contributed by atoms with Gasteiger partial charge in [-0.3, -0.25) is 4.68 Å². The molecule has 0 amide bonds. The van der Waals surface area contributed by atoms with Crippen LogP contribution in [-0.4, -0.2) is 21.5 Å². The molecular formula is C18H18N2O. The standard InChI is InChI=1S/C18H18N2O/c1-14-13-18(19-20(14)11-12-21)17-9-7-16(8-10-17)15-5-3-2-4-6-15/h2-10,13,21H,11-12H2,1H3. The molecule has 1 N–H and O–H groups in total. The molecule has 3 heteroatoms. The van der Waals surface area contributed by atoms with Gasteiger partial charge in [-0.25, -0.2) is 0 Å². The van der Waals surface area contributed by atoms with E-state index in [1.807, 2.05) is 35.9 Å². The summed E-state index contributed by atoms with van der Waals surface area (Å²) in [6.45, 7) is 2.65. The fourth-order valence-electron chi connectivity index (χ4n) is 2.44. The van der Waals surface area contributed by atoms with E-state index in [9.17, 15) is 0 Å². The van der Waals surface area contributed by atoms with Crippen molar-refractivity contribution in [3.63, 3.8) is 0 Å². The van der Waals surface area contributed by atoms with E-state index in [-0.39, 0.29) is 6.61 Å². The van der Waals surface area contributed by atoms with Gasteiger partial charge < -0.3 is 5.11 Å². The van der Waals surface area contributed by atoms with Crippen LogP contribution in [0.3, 0.4) is 0 Å². The molecule has 0 atom stereocenters. The second-order valence-electron chi connectivity index (χ2n) is 5.06. The summed E-state index contributed by atoms with van der Waals surface area (Å²) < 4.78 is 1.83. The van der Waals surface area contributed by atoms with Crippen molar-refractivity contribution in [1.29, 1.82) is 0 Å². The SMILES string of the molecule is Cc1cc(-c2ccc(-c3ccccc3)cc2)nn1CCO. The lowest BCUT2D eigenvalue weighted by atomic mass is 10.0. The fourth-order valence-corrected chi connectivity index (χ4v) is 2.44. The molecule has 21 heavy (non-hydrogen) atoms. The summed E-state index contributed by atoms with van der Waals surface area (Å²) in [5, 5.41) is 13.6. The normalized spacial score (nSPS) is 10.8. The van der Waals surface area contributed by atoms with Crippen molar-refractivity contribution in [2.45, 2.75) is 13.5 Å². The number of aliphatic hydroxyl groups is 1. The van der Waals surface area contributed by atoms with Crippen molar-refractivity contribution in [2.24, 2.45) is 0 Å². The van der Waals surface area contributed by atoms with Crippen molar-refractivity contribution in [3.8, 4) is 22.4 Å². The third-order valence-electron chi connectivity index (χ3n) is 3.58. The van der Waals surface area contributed by atoms with Gasteiger partial charge in [0.15, 0.2) is 0 Å². The lowest BCUT2D eigenvalue weighted by Gasteiger charge is -2.03. The second kappa shape index (κ2) is 5.94. The molecule has 0 aliphatic heterocycles. The van der Waals surface area contributed by atoms with E-state index in [1.165, 1.54) is 11.1 Å². The smallest absolute Gasteiger partial charge is 0.0925 e. The van der Waals surface area contributed by atoms with Crippen molar-refractivity contribution >= 4 is 0 Å². The van der Waals surface area contributed by atoms with Gasteiger partial charge in [0.25, 0.3) is 0 Å². The number of aromatic nitrogens is 2. The van der Waals surface area contributed by atoms with Crippen LogP contribution in [0.2, 0.25) is 0 Å². The van der Waals surface area contributed by atoms with Crippen LogP contribution in [0.15, 0.2) is 60.7 Å². The Balaban J connectivity index is 1.89. The Morgan fingerprint density at radius 3 is 2.19 bits per heavy atom. The predicted molar refractivity (Wildman–Crippen MR) is 84.9 cm³/mol. The summed E-state index contributed by atoms with van der Waals surface area (Å²) in [7, 11) is 0. The Morgan fingerprint density at radius 2 is 1.52 bits per heavy atom. The molecule has 0 aliphatic rings. The highest BCUT2D eigenvalue weighted by molar-refractivity contribution is 5.68. The third kappa shape index (κ3) is 2.88. The van der Waals surface area contributed by atoms with Gasteiger partial charge in [0, 0.05) is 11.3 Å². The zero-order chi connectivity index (χ0) is 14.7. The first-order valence-electron chi connectivity index (χ1n) is 7.09. The minimum atomic E-state index is 0.106. The van der Waals surface area contributed by atoms with Crippen LogP contribution in [-0.2, 0) is 6.54 Å². The van der Waals surface area contributed by atoms with Gasteiger partial charge in [0.05, 0.1) is 18.8 Å². The van der Waals surface area contributed by atoms with E-state index in [0.29, 0.717) is 6.54 Å². The first-order valence-corrected chi connectivity index (χ1v) is 7.09. The average molecular weight is 278 g/mol. The number of hydrogen-bond donors (Lipinski definition) is 1. The van der Waals surface area contributed by atoms with Crippen LogP contribution < -0.4 is 0 Å². The van der Waals surface area contributed by atoms with E-state index in [0.717, 1.165) is 17.0 Å². The minimum absolute atomic E-state index is 0.106. The molecule has 3 rings (SSSR count). The highest BCUT2D eigenvalue weighted by atomic mass is 16.3. The molecule has 106 valence electrons. The van der Waals surface area contributed by atoms with E-state index in [1.54, 1.807) is 0 Å². The van der Waals surface area contributed by atoms with Gasteiger partial charge in [-0.2, -0.15) is 5.10 Å². The lowest BCUT2D eigenvalue weighted by Crippen LogP contribution is -2.05. The molecule has 3 aromatic rings. The maximum Gasteiger partial charge on any atom is 0.0925 e. The fraction of sp³-hybridized carbons (Fsp3) is 0.167. The summed E-state index contributed by atoms with van der Waals surface area (Å²) in [6, 6.07) is 20.8. The van der Waals surface area contributed by atoms with Crippen LogP contribution in [0.5, 0.6) is 0 Å². The van der Waals surface area contributed by atoms with Crippen LogP contribution in [0, 0.1) is 6.92 Å². The molecule has 2 aromatic carbocycles. The second-order valence-corrected chi connectivity index (χ2v) is 5.06. The Bertz CT molecular complexity index is 715. The van der Waals surface area contributed by atoms with Crippen LogP contribution >= 0.6 is 0 Å². The molecule has 0 spiro atoms. The predicted octanol–water partition coefficient (Wildman–Crippen LogP) is 3.52. The van der Waals surface area contributed by atoms with E-state index < -0.39 is 0 Å². The molecule has 0 aliphatic carbocycles. The van der Waals surface area contributed by atoms with Gasteiger partial charge >= 0.3 is 0 Å². The van der Waals surface area contributed by atoms with E-state index in [2.05, 4.69) is 41.5 Å². The number of benzene rings is 2. The van der Waals surface area contributed by atoms with Crippen LogP contribution in [0.25, 0.3) is 22.4 Å². The van der Waals surface area contributed by atoms with Crippen molar-refractivity contribution in [3.05, 3.63) is 66.4 Å². The van der Waals surface area contributed by atoms with Gasteiger partial charge in [0.2, 0.25) is 0 Å². The van der Waals surface area contributed by atoms with Crippen molar-refractivity contribution < 1.29 is 5.11 Å². The molecule has 0 unspecified atom stereocenters. The summed E-state index contributed by atoms with van der Waals surface area (Å²) in [6.07, 6.45) is 0. The van der Waals surface area contributed by atoms with Gasteiger partial charge in [-0.15, -0.1) is 0 Å². The van der Waals surface area contributed by atoms with Gasteiger partial charge in [-0.05, 0) is 24.1 Å². The van der Waals surface area contributed by atoms with Crippen molar-refractivity contribution in [2.75, 3.05) is 6.61 Å². The topological polar surface area (TPSA) is 38.0 Å². The van der Waals surface area contributed by atoms with Crippen LogP contribution in [0.4, 0.5) is 0 Å². The molecule has 3 nitrogen and oxygen atoms in total. The Hall–Kier alpha value is -2.39. The summed E-state index contributed by atoms with van der Waals surface area (Å²) in [5.41, 5.74) is 5.51. The third-order valence-corrected chi connectivity index (χ3v) is 3.58. The zero-order valence-corrected chi connectivity index (χ0v) is 12.0. The summed E-state index contributed by atoms with van der Waals surface area (Å²) in [4.78, 5) is 0. The Labute approximate surface area is 124 Å². The molecule has 0 fully saturated rings. The van der Waals surface area contributed by atoms with E-state index in [4.69, 9.17) is 5.11 Å². The summed E-state index contributed by atoms with van der Waals surface area (Å²) >= 11 is 0. The van der Waals surface area contributed by atoms with E-state index >= 15 is 0 Å². The Morgan fingerprint density at radius 1 is 0.905 bits per heavy atom. The van der Waals surface area contributed by atoms with Crippen LogP contribution in [0.1, 0.15) is 5.69 Å². The first kappa shape index (κ1) is 13.6. The highest BCUT2D eigenvalue weighted by Gasteiger charge is 2.06. The number of aliphatic hydroxyl groups excluding tert-OH is 1. The van der Waals surface area contributed by atoms with Crippen molar-refractivity contribution in [1.82, 2.24) is 9.78 Å².